The van der Waals surface area contributed by atoms with E-state index in [0.717, 1.165) is 36.5 Å². The van der Waals surface area contributed by atoms with Gasteiger partial charge in [-0.2, -0.15) is 5.26 Å². The van der Waals surface area contributed by atoms with Gasteiger partial charge in [-0.05, 0) is 35.7 Å². The summed E-state index contributed by atoms with van der Waals surface area (Å²) in [5, 5.41) is 13.7. The summed E-state index contributed by atoms with van der Waals surface area (Å²) in [6, 6.07) is 17.5. The predicted octanol–water partition coefficient (Wildman–Crippen LogP) is 5.09. The molecule has 5 nitrogen and oxygen atoms in total. The summed E-state index contributed by atoms with van der Waals surface area (Å²) in [7, 11) is 1.51. The number of carbonyl (C=O) groups excluding carboxylic acids is 1. The van der Waals surface area contributed by atoms with E-state index < -0.39 is 0 Å². The third kappa shape index (κ3) is 4.19. The summed E-state index contributed by atoms with van der Waals surface area (Å²) in [4.78, 5) is 16.4. The predicted molar refractivity (Wildman–Crippen MR) is 119 cm³/mol. The van der Waals surface area contributed by atoms with Crippen molar-refractivity contribution in [2.24, 2.45) is 0 Å². The average Bonchev–Trinajstić information content (AvgIpc) is 3.10. The Morgan fingerprint density at radius 2 is 2.10 bits per heavy atom. The zero-order valence-corrected chi connectivity index (χ0v) is 18.0. The maximum absolute atomic E-state index is 12.9. The Morgan fingerprint density at radius 1 is 1.30 bits per heavy atom. The maximum Gasteiger partial charge on any atom is 0.260 e. The number of hydrogen-bond acceptors (Lipinski definition) is 5. The first-order chi connectivity index (χ1) is 14.6. The second kappa shape index (κ2) is 8.88. The van der Waals surface area contributed by atoms with E-state index in [1.54, 1.807) is 18.2 Å². The van der Waals surface area contributed by atoms with Crippen molar-refractivity contribution in [1.29, 1.82) is 5.26 Å². The SMILES string of the molecule is COc1ccc(Cl)cc1C(=O)Nc1sc2c(c1C#N)CCN(Cc1ccccc1)C2. The summed E-state index contributed by atoms with van der Waals surface area (Å²) >= 11 is 7.53. The number of carbonyl (C=O) groups is 1. The first kappa shape index (κ1) is 20.4. The minimum Gasteiger partial charge on any atom is -0.496 e. The van der Waals surface area contributed by atoms with E-state index in [4.69, 9.17) is 16.3 Å². The molecule has 0 aliphatic carbocycles. The van der Waals surface area contributed by atoms with E-state index in [-0.39, 0.29) is 5.91 Å². The molecular formula is C23H20ClN3O2S. The summed E-state index contributed by atoms with van der Waals surface area (Å²) in [6.07, 6.45) is 0.790. The van der Waals surface area contributed by atoms with Crippen molar-refractivity contribution in [2.75, 3.05) is 19.0 Å². The summed E-state index contributed by atoms with van der Waals surface area (Å²) < 4.78 is 5.28. The van der Waals surface area contributed by atoms with Crippen LogP contribution in [0, 0.1) is 11.3 Å². The standard InChI is InChI=1S/C23H20ClN3O2S/c1-29-20-8-7-16(24)11-18(20)22(28)26-23-19(12-25)17-9-10-27(14-21(17)30-23)13-15-5-3-2-4-6-15/h2-8,11H,9-10,13-14H2,1H3,(H,26,28). The minimum atomic E-state index is -0.342. The number of nitriles is 1. The van der Waals surface area contributed by atoms with E-state index >= 15 is 0 Å². The van der Waals surface area contributed by atoms with Crippen LogP contribution in [0.4, 0.5) is 5.00 Å². The van der Waals surface area contributed by atoms with E-state index in [1.165, 1.54) is 24.0 Å². The van der Waals surface area contributed by atoms with Gasteiger partial charge >= 0.3 is 0 Å². The van der Waals surface area contributed by atoms with Gasteiger partial charge in [-0.1, -0.05) is 41.9 Å². The Labute approximate surface area is 184 Å². The van der Waals surface area contributed by atoms with Crippen LogP contribution in [0.15, 0.2) is 48.5 Å². The lowest BCUT2D eigenvalue weighted by molar-refractivity contribution is 0.102. The lowest BCUT2D eigenvalue weighted by Gasteiger charge is -2.26. The lowest BCUT2D eigenvalue weighted by atomic mass is 10.0. The molecule has 0 unspecified atom stereocenters. The molecule has 152 valence electrons. The van der Waals surface area contributed by atoms with Crippen molar-refractivity contribution >= 4 is 33.8 Å². The average molecular weight is 438 g/mol. The normalized spacial score (nSPS) is 13.4. The number of anilines is 1. The molecule has 1 aromatic heterocycles. The molecule has 2 aromatic carbocycles. The third-order valence-electron chi connectivity index (χ3n) is 5.13. The summed E-state index contributed by atoms with van der Waals surface area (Å²) in [5.74, 6) is 0.0938. The van der Waals surface area contributed by atoms with Crippen LogP contribution in [-0.4, -0.2) is 24.5 Å². The van der Waals surface area contributed by atoms with Gasteiger partial charge in [0.05, 0.1) is 18.2 Å². The molecule has 0 saturated heterocycles. The van der Waals surface area contributed by atoms with Crippen molar-refractivity contribution in [1.82, 2.24) is 4.90 Å². The number of nitrogens with one attached hydrogen (secondary N) is 1. The van der Waals surface area contributed by atoms with Crippen LogP contribution in [-0.2, 0) is 19.5 Å². The number of rotatable bonds is 5. The highest BCUT2D eigenvalue weighted by molar-refractivity contribution is 7.16. The van der Waals surface area contributed by atoms with Crippen LogP contribution >= 0.6 is 22.9 Å². The van der Waals surface area contributed by atoms with E-state index in [1.807, 2.05) is 18.2 Å². The zero-order chi connectivity index (χ0) is 21.1. The number of methoxy groups -OCH3 is 1. The number of ether oxygens (including phenoxy) is 1. The topological polar surface area (TPSA) is 65.4 Å². The van der Waals surface area contributed by atoms with E-state index in [0.29, 0.717) is 26.9 Å². The fourth-order valence-electron chi connectivity index (χ4n) is 3.67. The number of thiophene rings is 1. The molecule has 1 N–H and O–H groups in total. The van der Waals surface area contributed by atoms with E-state index in [2.05, 4.69) is 28.4 Å². The summed E-state index contributed by atoms with van der Waals surface area (Å²) in [6.45, 7) is 2.50. The Balaban J connectivity index is 1.56. The highest BCUT2D eigenvalue weighted by Gasteiger charge is 2.26. The van der Waals surface area contributed by atoms with Crippen LogP contribution in [0.25, 0.3) is 0 Å². The third-order valence-corrected chi connectivity index (χ3v) is 6.50. The fraction of sp³-hybridized carbons (Fsp3) is 0.217. The van der Waals surface area contributed by atoms with Crippen molar-refractivity contribution in [2.45, 2.75) is 19.5 Å². The second-order valence-electron chi connectivity index (χ2n) is 7.06. The molecule has 7 heteroatoms. The second-order valence-corrected chi connectivity index (χ2v) is 8.61. The van der Waals surface area contributed by atoms with Crippen LogP contribution < -0.4 is 10.1 Å². The van der Waals surface area contributed by atoms with Gasteiger partial charge in [0.1, 0.15) is 16.8 Å². The molecule has 0 radical (unpaired) electrons. The van der Waals surface area contributed by atoms with Crippen LogP contribution in [0.3, 0.4) is 0 Å². The van der Waals surface area contributed by atoms with Gasteiger partial charge in [0.25, 0.3) is 5.91 Å². The largest absolute Gasteiger partial charge is 0.496 e. The smallest absolute Gasteiger partial charge is 0.260 e. The number of nitrogens with zero attached hydrogens (tertiary/aromatic N) is 2. The lowest BCUT2D eigenvalue weighted by Crippen LogP contribution is -2.29. The highest BCUT2D eigenvalue weighted by atomic mass is 35.5. The number of fused-ring (bicyclic) bond motifs is 1. The molecule has 0 spiro atoms. The monoisotopic (exact) mass is 437 g/mol. The molecule has 30 heavy (non-hydrogen) atoms. The van der Waals surface area contributed by atoms with Gasteiger partial charge in [-0.25, -0.2) is 0 Å². The van der Waals surface area contributed by atoms with Gasteiger partial charge in [-0.3, -0.25) is 9.69 Å². The van der Waals surface area contributed by atoms with Crippen molar-refractivity contribution in [3.8, 4) is 11.8 Å². The Hall–Kier alpha value is -2.85. The molecule has 3 aromatic rings. The minimum absolute atomic E-state index is 0.339. The maximum atomic E-state index is 12.9. The molecule has 2 heterocycles. The Bertz CT molecular complexity index is 1120. The molecule has 1 aliphatic rings. The van der Waals surface area contributed by atoms with Gasteiger partial charge in [0.2, 0.25) is 0 Å². The molecule has 0 bridgehead atoms. The van der Waals surface area contributed by atoms with Gasteiger partial charge in [0, 0.05) is 29.5 Å². The first-order valence-electron chi connectivity index (χ1n) is 9.55. The van der Waals surface area contributed by atoms with Gasteiger partial charge in [-0.15, -0.1) is 11.3 Å². The fourth-order valence-corrected chi connectivity index (χ4v) is 5.08. The first-order valence-corrected chi connectivity index (χ1v) is 10.7. The number of halogens is 1. The van der Waals surface area contributed by atoms with Crippen molar-refractivity contribution < 1.29 is 9.53 Å². The quantitative estimate of drug-likeness (QED) is 0.603. The van der Waals surface area contributed by atoms with E-state index in [9.17, 15) is 10.1 Å². The van der Waals surface area contributed by atoms with Gasteiger partial charge < -0.3 is 10.1 Å². The van der Waals surface area contributed by atoms with Crippen LogP contribution in [0.2, 0.25) is 5.02 Å². The Morgan fingerprint density at radius 3 is 2.83 bits per heavy atom. The zero-order valence-electron chi connectivity index (χ0n) is 16.4. The molecule has 0 fully saturated rings. The van der Waals surface area contributed by atoms with Crippen LogP contribution in [0.5, 0.6) is 5.75 Å². The number of benzene rings is 2. The molecule has 0 saturated carbocycles. The molecular weight excluding hydrogens is 418 g/mol. The van der Waals surface area contributed by atoms with Crippen molar-refractivity contribution in [3.63, 3.8) is 0 Å². The van der Waals surface area contributed by atoms with Gasteiger partial charge in [0.15, 0.2) is 0 Å². The molecule has 0 atom stereocenters. The number of hydrogen-bond donors (Lipinski definition) is 1. The molecule has 4 rings (SSSR count). The number of amides is 1. The highest BCUT2D eigenvalue weighted by Crippen LogP contribution is 2.37. The van der Waals surface area contributed by atoms with Crippen molar-refractivity contribution in [3.05, 3.63) is 80.7 Å². The molecule has 1 aliphatic heterocycles. The van der Waals surface area contributed by atoms with Crippen LogP contribution in [0.1, 0.15) is 31.9 Å². The summed E-state index contributed by atoms with van der Waals surface area (Å²) in [5.41, 5.74) is 3.20. The molecule has 1 amide bonds. The Kier molecular flexibility index (Phi) is 6.05.